The third-order valence-corrected chi connectivity index (χ3v) is 5.15. The minimum absolute atomic E-state index is 0.0381. The molecule has 1 aromatic carbocycles. The van der Waals surface area contributed by atoms with Gasteiger partial charge in [-0.3, -0.25) is 10.1 Å². The summed E-state index contributed by atoms with van der Waals surface area (Å²) in [6.45, 7) is 1.50. The monoisotopic (exact) mass is 291 g/mol. The third-order valence-electron chi connectivity index (χ3n) is 2.79. The van der Waals surface area contributed by atoms with Crippen LogP contribution in [-0.2, 0) is 16.3 Å². The molecule has 0 saturated carbocycles. The van der Waals surface area contributed by atoms with Crippen molar-refractivity contribution < 1.29 is 13.3 Å². The summed E-state index contributed by atoms with van der Waals surface area (Å²) in [5, 5.41) is 9.37. The Hall–Kier alpha value is -1.14. The molecule has 1 rings (SSSR count). The van der Waals surface area contributed by atoms with Crippen LogP contribution in [-0.4, -0.2) is 30.2 Å². The fourth-order valence-corrected chi connectivity index (χ4v) is 2.87. The molecule has 0 N–H and O–H groups in total. The van der Waals surface area contributed by atoms with E-state index >= 15 is 0 Å². The minimum Gasteiger partial charge on any atom is -0.258 e. The second kappa shape index (κ2) is 5.67. The number of alkyl halides is 1. The van der Waals surface area contributed by atoms with E-state index in [1.807, 2.05) is 0 Å². The third kappa shape index (κ3) is 3.68. The summed E-state index contributed by atoms with van der Waals surface area (Å²) >= 11 is 6.03. The molecule has 0 aromatic heterocycles. The van der Waals surface area contributed by atoms with Crippen molar-refractivity contribution in [1.82, 2.24) is 0 Å². The van der Waals surface area contributed by atoms with Crippen molar-refractivity contribution in [3.8, 4) is 0 Å². The molecule has 5 nitrogen and oxygen atoms in total. The molecule has 1 aromatic rings. The number of hydrogen-bond donors (Lipinski definition) is 0. The van der Waals surface area contributed by atoms with E-state index in [4.69, 9.17) is 11.6 Å². The Bertz CT molecular complexity index is 544. The highest BCUT2D eigenvalue weighted by atomic mass is 35.5. The average Bonchev–Trinajstić information content (AvgIpc) is 2.27. The predicted octanol–water partition coefficient (Wildman–Crippen LogP) is 2.18. The van der Waals surface area contributed by atoms with Crippen LogP contribution < -0.4 is 0 Å². The fourth-order valence-electron chi connectivity index (χ4n) is 1.51. The quantitative estimate of drug-likeness (QED) is 0.473. The summed E-state index contributed by atoms with van der Waals surface area (Å²) in [5.41, 5.74) is 0.404. The molecule has 18 heavy (non-hydrogen) atoms. The zero-order valence-corrected chi connectivity index (χ0v) is 11.6. The first-order valence-electron chi connectivity index (χ1n) is 5.28. The van der Waals surface area contributed by atoms with E-state index in [9.17, 15) is 18.5 Å². The molecule has 0 heterocycles. The number of para-hydroxylation sites is 1. The van der Waals surface area contributed by atoms with Gasteiger partial charge in [0.15, 0.2) is 9.84 Å². The summed E-state index contributed by atoms with van der Waals surface area (Å²) in [7, 11) is -3.26. The van der Waals surface area contributed by atoms with Crippen LogP contribution >= 0.6 is 11.6 Å². The van der Waals surface area contributed by atoms with Crippen LogP contribution in [0.1, 0.15) is 12.5 Å². The number of nitro groups is 1. The highest BCUT2D eigenvalue weighted by Crippen LogP contribution is 2.23. The summed E-state index contributed by atoms with van der Waals surface area (Å²) in [5.74, 6) is 0. The van der Waals surface area contributed by atoms with Crippen molar-refractivity contribution in [2.24, 2.45) is 0 Å². The van der Waals surface area contributed by atoms with E-state index in [1.165, 1.54) is 13.0 Å². The zero-order valence-electron chi connectivity index (χ0n) is 10.0. The van der Waals surface area contributed by atoms with Gasteiger partial charge in [-0.05, 0) is 13.3 Å². The molecule has 0 aliphatic carbocycles. The molecule has 0 radical (unpaired) electrons. The van der Waals surface area contributed by atoms with Gasteiger partial charge in [-0.15, -0.1) is 11.6 Å². The van der Waals surface area contributed by atoms with E-state index in [0.717, 1.165) is 6.26 Å². The molecule has 0 bridgehead atoms. The van der Waals surface area contributed by atoms with Crippen molar-refractivity contribution in [3.05, 3.63) is 39.9 Å². The SMILES string of the molecule is CC(C(Cl)Cc1ccccc1[N+](=O)[O-])S(C)(=O)=O. The molecule has 2 atom stereocenters. The van der Waals surface area contributed by atoms with Gasteiger partial charge in [0, 0.05) is 17.9 Å². The summed E-state index contributed by atoms with van der Waals surface area (Å²) in [6.07, 6.45) is 1.25. The second-order valence-electron chi connectivity index (χ2n) is 4.14. The normalized spacial score (nSPS) is 15.1. The van der Waals surface area contributed by atoms with Gasteiger partial charge in [0.25, 0.3) is 5.69 Å². The van der Waals surface area contributed by atoms with Crippen LogP contribution in [0.3, 0.4) is 0 Å². The van der Waals surface area contributed by atoms with E-state index in [2.05, 4.69) is 0 Å². The molecule has 0 amide bonds. The fraction of sp³-hybridized carbons (Fsp3) is 0.455. The molecule has 100 valence electrons. The van der Waals surface area contributed by atoms with Crippen molar-refractivity contribution in [1.29, 1.82) is 0 Å². The summed E-state index contributed by atoms with van der Waals surface area (Å²) in [6, 6.07) is 6.19. The summed E-state index contributed by atoms with van der Waals surface area (Å²) < 4.78 is 22.7. The first-order chi connectivity index (χ1) is 8.23. The molecule has 7 heteroatoms. The van der Waals surface area contributed by atoms with Crippen LogP contribution in [0, 0.1) is 10.1 Å². The maximum atomic E-state index is 11.4. The highest BCUT2D eigenvalue weighted by Gasteiger charge is 2.26. The lowest BCUT2D eigenvalue weighted by Crippen LogP contribution is -2.28. The molecule has 2 unspecified atom stereocenters. The Morgan fingerprint density at radius 2 is 1.94 bits per heavy atom. The standard InChI is InChI=1S/C11H14ClNO4S/c1-8(18(2,16)17)10(12)7-9-5-3-4-6-11(9)13(14)15/h3-6,8,10H,7H2,1-2H3. The molecular weight excluding hydrogens is 278 g/mol. The van der Waals surface area contributed by atoms with Crippen LogP contribution in [0.2, 0.25) is 0 Å². The number of halogens is 1. The first-order valence-corrected chi connectivity index (χ1v) is 7.68. The highest BCUT2D eigenvalue weighted by molar-refractivity contribution is 7.91. The Morgan fingerprint density at radius 1 is 1.39 bits per heavy atom. The Kier molecular flexibility index (Phi) is 4.70. The zero-order chi connectivity index (χ0) is 13.9. The molecule has 0 spiro atoms. The van der Waals surface area contributed by atoms with E-state index in [0.29, 0.717) is 5.56 Å². The van der Waals surface area contributed by atoms with Gasteiger partial charge in [-0.1, -0.05) is 18.2 Å². The molecule has 0 aliphatic rings. The average molecular weight is 292 g/mol. The van der Waals surface area contributed by atoms with Gasteiger partial charge in [0.1, 0.15) is 0 Å². The van der Waals surface area contributed by atoms with Crippen molar-refractivity contribution in [2.75, 3.05) is 6.26 Å². The van der Waals surface area contributed by atoms with Crippen LogP contribution in [0.15, 0.2) is 24.3 Å². The number of rotatable bonds is 5. The topological polar surface area (TPSA) is 77.3 Å². The lowest BCUT2D eigenvalue weighted by molar-refractivity contribution is -0.385. The Labute approximate surface area is 111 Å². The second-order valence-corrected chi connectivity index (χ2v) is 7.10. The van der Waals surface area contributed by atoms with Gasteiger partial charge in [-0.2, -0.15) is 0 Å². The Morgan fingerprint density at radius 3 is 2.44 bits per heavy atom. The van der Waals surface area contributed by atoms with Gasteiger partial charge >= 0.3 is 0 Å². The first kappa shape index (κ1) is 14.9. The van der Waals surface area contributed by atoms with Crippen molar-refractivity contribution >= 4 is 27.1 Å². The molecule has 0 fully saturated rings. The smallest absolute Gasteiger partial charge is 0.258 e. The number of hydrogen-bond acceptors (Lipinski definition) is 4. The maximum Gasteiger partial charge on any atom is 0.272 e. The van der Waals surface area contributed by atoms with E-state index in [-0.39, 0.29) is 12.1 Å². The number of nitro benzene ring substituents is 1. The number of sulfone groups is 1. The van der Waals surface area contributed by atoms with Crippen molar-refractivity contribution in [3.63, 3.8) is 0 Å². The lowest BCUT2D eigenvalue weighted by Gasteiger charge is -2.16. The van der Waals surface area contributed by atoms with Crippen molar-refractivity contribution in [2.45, 2.75) is 24.0 Å². The lowest BCUT2D eigenvalue weighted by atomic mass is 10.1. The van der Waals surface area contributed by atoms with Gasteiger partial charge < -0.3 is 0 Å². The van der Waals surface area contributed by atoms with Gasteiger partial charge in [-0.25, -0.2) is 8.42 Å². The molecular formula is C11H14ClNO4S. The van der Waals surface area contributed by atoms with E-state index in [1.54, 1.807) is 18.2 Å². The van der Waals surface area contributed by atoms with Gasteiger partial charge in [0.2, 0.25) is 0 Å². The molecule has 0 saturated heterocycles. The molecule has 0 aliphatic heterocycles. The van der Waals surface area contributed by atoms with E-state index < -0.39 is 25.4 Å². The summed E-state index contributed by atoms with van der Waals surface area (Å²) in [4.78, 5) is 10.3. The minimum atomic E-state index is -3.26. The maximum absolute atomic E-state index is 11.4. The number of benzene rings is 1. The predicted molar refractivity (Wildman–Crippen MR) is 70.7 cm³/mol. The van der Waals surface area contributed by atoms with Gasteiger partial charge in [0.05, 0.1) is 15.6 Å². The van der Waals surface area contributed by atoms with Crippen LogP contribution in [0.4, 0.5) is 5.69 Å². The van der Waals surface area contributed by atoms with Crippen LogP contribution in [0.25, 0.3) is 0 Å². The Balaban J connectivity index is 2.95. The number of nitrogens with zero attached hydrogens (tertiary/aromatic N) is 1. The largest absolute Gasteiger partial charge is 0.272 e. The van der Waals surface area contributed by atoms with Crippen LogP contribution in [0.5, 0.6) is 0 Å².